The number of hydrogen-bond acceptors (Lipinski definition) is 25. The summed E-state index contributed by atoms with van der Waals surface area (Å²) in [6, 6.07) is 42.5. The molecule has 9 aromatic carbocycles. The molecular weight excluding hydrogens is 1840 g/mol. The number of ketones is 5. The minimum Gasteiger partial charge on any atom is -0.831 e. The van der Waals surface area contributed by atoms with Crippen molar-refractivity contribution in [2.24, 2.45) is 53.2 Å². The second-order valence-electron chi connectivity index (χ2n) is 32.9. The first-order chi connectivity index (χ1) is 76.8. The van der Waals surface area contributed by atoms with Crippen molar-refractivity contribution < 1.29 is 155 Å². The van der Waals surface area contributed by atoms with Crippen LogP contribution in [0.2, 0.25) is 0 Å². The average Bonchev–Trinajstić information content (AvgIpc) is 0.775. The molecule has 11 rings (SSSR count). The molecule has 780 valence electrons. The molecular formula is C113H146FN6O24-. The predicted octanol–water partition coefficient (Wildman–Crippen LogP) is 19.7. The van der Waals surface area contributed by atoms with Crippen molar-refractivity contribution in [2.75, 3.05) is 32.3 Å². The van der Waals surface area contributed by atoms with Gasteiger partial charge in [0.15, 0.2) is 11.4 Å². The van der Waals surface area contributed by atoms with Gasteiger partial charge < -0.3 is 76.5 Å². The normalized spacial score (nSPS) is 15.6. The molecule has 144 heavy (non-hydrogen) atoms. The van der Waals surface area contributed by atoms with Crippen LogP contribution >= 0.6 is 0 Å². The molecule has 0 spiro atoms. The Kier molecular flexibility index (Phi) is 44.9. The van der Waals surface area contributed by atoms with Crippen molar-refractivity contribution in [2.45, 2.75) is 215 Å². The Balaban J connectivity index is 0. The topological polar surface area (TPSA) is 480 Å². The largest absolute Gasteiger partial charge is 0.831 e. The molecule has 2 heterocycles. The van der Waals surface area contributed by atoms with E-state index >= 15 is 0 Å². The van der Waals surface area contributed by atoms with Crippen LogP contribution in [0, 0.1) is 59.0 Å². The first-order valence-corrected chi connectivity index (χ1v) is 43.7. The van der Waals surface area contributed by atoms with E-state index in [1.54, 1.807) is 192 Å². The number of esters is 4. The Morgan fingerprint density at radius 2 is 0.840 bits per heavy atom. The monoisotopic (exact) mass is 2020 g/mol. The minimum absolute atomic E-state index is 0. The van der Waals surface area contributed by atoms with Crippen LogP contribution in [0.1, 0.15) is 252 Å². The molecule has 2 aliphatic rings. The van der Waals surface area contributed by atoms with Gasteiger partial charge in [-0.25, -0.2) is 14.0 Å². The molecule has 10 N–H and O–H groups in total. The molecule has 0 saturated carbocycles. The van der Waals surface area contributed by atoms with Gasteiger partial charge in [0, 0.05) is 122 Å². The fraction of sp³-hybridized carbons (Fsp3) is 0.363. The maximum atomic E-state index is 13.5. The number of aldehydes is 2. The number of nitrogens with one attached hydrogen (secondary N) is 5. The molecule has 2 fully saturated rings. The summed E-state index contributed by atoms with van der Waals surface area (Å²) in [6.07, 6.45) is -5.62. The number of hydrogen-bond donors (Lipinski definition) is 9. The Morgan fingerprint density at radius 1 is 0.479 bits per heavy atom. The lowest BCUT2D eigenvalue weighted by Gasteiger charge is -2.30. The van der Waals surface area contributed by atoms with Crippen LogP contribution in [0.3, 0.4) is 0 Å². The molecule has 0 bridgehead atoms. The molecule has 30 nitrogen and oxygen atoms in total. The highest BCUT2D eigenvalue weighted by atomic mass is 19.1. The fourth-order valence-corrected chi connectivity index (χ4v) is 10.0. The van der Waals surface area contributed by atoms with E-state index in [-0.39, 0.29) is 152 Å². The molecule has 4 atom stereocenters. The number of benzene rings is 9. The SMILES string of the molecule is C.C.CC(C)C(=O)C(C(=O)Nc1ccccc1)C(C(=O)c1ccc(F)cc1)c1ccccc1.CC(C)C(=O)CC(=O)Nc1ccccc1.CC(C)C(=O)CC(=O)Nc1ccccc1.CC(C)C(O)=C1C(=O)OC(C)(C)OC1=O.CC(C)C([O-])O.CC1(C)OC(=O)CC(=O)O1.[2H]C(C)(C)C(=O)C([2H])([2H])C(=O)Nc1ccccc1.[2H]C([2H])([2H])C([2H])(C=O)C([2H])([2H])[2H].[2H]c1c([2H])c([2H])c(C=O)c([2H])c1[2H].[2H]c1c([2H])c([2H])c(N)c([2H])c1[2H].[2H]c1c([2H])c([2H])c(NC(=O)CC(O)C(C)C)c([2H])c1[2H]. The van der Waals surface area contributed by atoms with Crippen molar-refractivity contribution in [1.29, 1.82) is 0 Å². The van der Waals surface area contributed by atoms with Gasteiger partial charge in [0.05, 0.1) is 58.2 Å². The van der Waals surface area contributed by atoms with E-state index in [4.69, 9.17) is 54.6 Å². The zero-order chi connectivity index (χ0) is 129. The fourth-order valence-electron chi connectivity index (χ4n) is 10.0. The van der Waals surface area contributed by atoms with Gasteiger partial charge in [0.1, 0.15) is 59.6 Å². The Bertz CT molecular complexity index is 6540. The summed E-state index contributed by atoms with van der Waals surface area (Å²) in [5.74, 6) is -18.6. The van der Waals surface area contributed by atoms with Crippen molar-refractivity contribution in [3.63, 3.8) is 0 Å². The van der Waals surface area contributed by atoms with Crippen LogP contribution in [0.15, 0.2) is 278 Å². The number of aliphatic hydroxyl groups excluding tert-OH is 3. The first-order valence-electron chi connectivity index (χ1n) is 56.2. The standard InChI is InChI=1S/C26H24FNO3.C12H17NO2.3C12H15NO2.C10H14O5.C7H6O.C6H7N.C6H8O4.C4H9O2.C4H8O.2CH4/c1-17(2)24(29)23(26(31)28-21-11-7-4-8-12-21)22(18-9-5-3-6-10-18)25(30)19-13-15-20(27)16-14-19;4*1-9(2)11(14)8-12(15)13-10-6-4-3-5-7-10;1-5(2)7(11)6-8(12)14-10(3,4)15-9(6)13;8-6-7-4-2-1-3-5-7;7-6-4-2-1-3-5-6;1-6(2)9-4(7)3-5(8)10-6;1-3(2)4(5)6;1-4(2)3-5;;/h3-17,22-23H,1-2H3,(H,28,31);3-7,9,11,14H,8H2,1-2H3,(H,13,15);3*3-7,9H,8H2,1-2H3,(H,13,15);5,11H,1-4H3;1-6H;1-5H,7H2;3H2,1-2H3;3-5H,1-2H3;3-4H,1-2H3;2*1H4/q;;;;;;;;;-1;;;/i;3D,4D,5D,6D,7D;8D2,9D;;;;2*1D,2D,3D,4D,5D;;;1D3,2D3,4D;;. The summed E-state index contributed by atoms with van der Waals surface area (Å²) in [7, 11) is 0. The number of carbonyl (C=O) groups excluding carboxylic acids is 16. The molecule has 5 amide bonds. The highest BCUT2D eigenvalue weighted by molar-refractivity contribution is 6.16. The molecule has 2 saturated heterocycles. The van der Waals surface area contributed by atoms with E-state index in [1.807, 2.05) is 42.5 Å². The van der Waals surface area contributed by atoms with Gasteiger partial charge >= 0.3 is 23.9 Å². The summed E-state index contributed by atoms with van der Waals surface area (Å²) >= 11 is 0. The zero-order valence-electron chi connectivity index (χ0n) is 107. The molecule has 31 heteroatoms. The third kappa shape index (κ3) is 57.7. The average molecular weight is 2020 g/mol. The summed E-state index contributed by atoms with van der Waals surface area (Å²) in [6.45, 7) is 22.9. The lowest BCUT2D eigenvalue weighted by molar-refractivity contribution is -0.493. The highest BCUT2D eigenvalue weighted by Crippen LogP contribution is 2.34. The molecule has 4 unspecified atom stereocenters. The van der Waals surface area contributed by atoms with E-state index in [2.05, 4.69) is 36.1 Å². The quantitative estimate of drug-likeness (QED) is 0.00253. The van der Waals surface area contributed by atoms with E-state index in [1.165, 1.54) is 65.8 Å². The highest BCUT2D eigenvalue weighted by Gasteiger charge is 2.43. The minimum atomic E-state index is -3.12. The zero-order valence-corrected chi connectivity index (χ0v) is 81.9. The molecule has 9 aromatic rings. The smallest absolute Gasteiger partial charge is 0.352 e. The van der Waals surface area contributed by atoms with Gasteiger partial charge in [-0.05, 0) is 121 Å². The van der Waals surface area contributed by atoms with Crippen LogP contribution in [0.5, 0.6) is 0 Å². The van der Waals surface area contributed by atoms with Crippen LogP contribution in [-0.4, -0.2) is 134 Å². The van der Waals surface area contributed by atoms with Gasteiger partial charge in [-0.3, -0.25) is 62.3 Å². The number of rotatable bonds is 28. The number of nitrogens with two attached hydrogens (primary N) is 1. The third-order valence-corrected chi connectivity index (χ3v) is 17.6. The van der Waals surface area contributed by atoms with Gasteiger partial charge in [-0.1, -0.05) is 295 Å². The number of para-hydroxylation sites is 6. The van der Waals surface area contributed by atoms with Gasteiger partial charge in [0.2, 0.25) is 29.5 Å². The van der Waals surface area contributed by atoms with Crippen molar-refractivity contribution >= 4 is 129 Å². The number of Topliss-reactive ketones (excluding diaryl/α,β-unsaturated/α-hetero) is 5. The van der Waals surface area contributed by atoms with Crippen molar-refractivity contribution in [3.8, 4) is 0 Å². The Labute approximate surface area is 881 Å². The van der Waals surface area contributed by atoms with Gasteiger partial charge in [-0.15, -0.1) is 0 Å². The molecule has 2 aliphatic heterocycles. The first kappa shape index (κ1) is 91.5. The summed E-state index contributed by atoms with van der Waals surface area (Å²) in [4.78, 5) is 185. The van der Waals surface area contributed by atoms with E-state index in [0.717, 1.165) is 11.4 Å². The maximum Gasteiger partial charge on any atom is 0.352 e. The molecule has 0 aliphatic carbocycles. The van der Waals surface area contributed by atoms with Crippen LogP contribution in [0.25, 0.3) is 0 Å². The van der Waals surface area contributed by atoms with E-state index in [9.17, 15) is 96.4 Å². The number of aliphatic hydroxyl groups is 3. The summed E-state index contributed by atoms with van der Waals surface area (Å²) in [5.41, 5.74) is 7.25. The maximum absolute atomic E-state index is 13.5. The Hall–Kier alpha value is -15.0. The predicted molar refractivity (Wildman–Crippen MR) is 557 cm³/mol. The summed E-state index contributed by atoms with van der Waals surface area (Å²) in [5, 5.41) is 49.7. The van der Waals surface area contributed by atoms with E-state index < -0.39 is 217 Å². The number of nitrogen functional groups attached to an aromatic ring is 1. The summed E-state index contributed by atoms with van der Waals surface area (Å²) < 4.78 is 212. The second-order valence-corrected chi connectivity index (χ2v) is 32.9. The van der Waals surface area contributed by atoms with E-state index in [0.29, 0.717) is 16.9 Å². The van der Waals surface area contributed by atoms with Gasteiger partial charge in [-0.2, -0.15) is 0 Å². The van der Waals surface area contributed by atoms with Crippen LogP contribution in [-0.2, 0) is 86.1 Å². The molecule has 0 aromatic heterocycles. The number of halogens is 1. The number of amides is 5. The van der Waals surface area contributed by atoms with Crippen LogP contribution in [0.4, 0.5) is 38.5 Å². The second kappa shape index (κ2) is 70.6. The number of allylic oxidation sites excluding steroid dienone is 1. The number of cyclic esters (lactones) is 4. The van der Waals surface area contributed by atoms with Crippen molar-refractivity contribution in [1.82, 2.24) is 0 Å². The number of carbonyl (C=O) groups is 16. The van der Waals surface area contributed by atoms with Crippen LogP contribution < -0.4 is 37.4 Å². The van der Waals surface area contributed by atoms with Gasteiger partial charge in [0.25, 0.3) is 11.6 Å². The lowest BCUT2D eigenvalue weighted by atomic mass is 9.75. The Morgan fingerprint density at radius 3 is 1.17 bits per heavy atom. The van der Waals surface area contributed by atoms with Crippen molar-refractivity contribution in [3.05, 3.63) is 300 Å². The number of anilines is 6. The number of ether oxygens (including phenoxy) is 4. The lowest BCUT2D eigenvalue weighted by Crippen LogP contribution is -2.42. The molecule has 0 radical (unpaired) electrons. The third-order valence-electron chi connectivity index (χ3n) is 17.6.